The average Bonchev–Trinajstić information content (AvgIpc) is 0.811. The van der Waals surface area contributed by atoms with Crippen LogP contribution < -0.4 is 10.2 Å². The number of carbonyl (C=O) groups is 1. The molecule has 0 aliphatic heterocycles. The van der Waals surface area contributed by atoms with Crippen LogP contribution in [0.3, 0.4) is 0 Å². The van der Waals surface area contributed by atoms with Gasteiger partial charge in [0, 0.05) is 0 Å². The fourth-order valence-corrected chi connectivity index (χ4v) is 0. The van der Waals surface area contributed by atoms with Crippen molar-refractivity contribution in [3.05, 3.63) is 0 Å². The first-order valence-electron chi connectivity index (χ1n) is 0.612. The number of carbonyl (C=O) groups excluding carboxylic acids is 1. The largest absolute Gasteiger partial charge is 3.00 e. The van der Waals surface area contributed by atoms with Crippen molar-refractivity contribution in [1.82, 2.24) is 0 Å². The van der Waals surface area contributed by atoms with Crippen molar-refractivity contribution in [2.24, 2.45) is 0 Å². The number of hydrogen-bond donors (Lipinski definition) is 0. The van der Waals surface area contributed by atoms with E-state index in [0.717, 1.165) is 0 Å². The van der Waals surface area contributed by atoms with E-state index in [4.69, 9.17) is 15.0 Å². The maximum atomic E-state index is 8.33. The van der Waals surface area contributed by atoms with E-state index in [1.165, 1.54) is 0 Å². The molecule has 0 atom stereocenters. The van der Waals surface area contributed by atoms with Crippen molar-refractivity contribution in [1.29, 1.82) is 0 Å². The first kappa shape index (κ1) is 15.7. The number of hydrogen-bond acceptors (Lipinski definition) is 3. The molecule has 0 aromatic rings. The topological polar surface area (TPSA) is 63.2 Å². The quantitative estimate of drug-likeness (QED) is 0.452. The Morgan fingerprint density at radius 2 is 1.33 bits per heavy atom. The average molecular weight is 292 g/mol. The minimum atomic E-state index is -2.33. The second-order valence-corrected chi connectivity index (χ2v) is 0.250. The van der Waals surface area contributed by atoms with Gasteiger partial charge in [0.15, 0.2) is 0 Å². The minimum Gasteiger partial charge on any atom is -0.652 e. The van der Waals surface area contributed by atoms with Crippen LogP contribution in [0.15, 0.2) is 0 Å². The molecule has 6 heavy (non-hydrogen) atoms. The van der Waals surface area contributed by atoms with Gasteiger partial charge in [-0.15, -0.1) is 0 Å². The molecule has 0 aromatic carbocycles. The molecule has 0 saturated carbocycles. The minimum absolute atomic E-state index is 0. The maximum absolute atomic E-state index is 8.33. The normalized spacial score (nSPS) is 4.00. The third-order valence-electron chi connectivity index (χ3n) is 0. The van der Waals surface area contributed by atoms with Crippen molar-refractivity contribution in [3.8, 4) is 0 Å². The van der Waals surface area contributed by atoms with E-state index in [-0.39, 0.29) is 57.8 Å². The zero-order chi connectivity index (χ0) is 3.58. The summed E-state index contributed by atoms with van der Waals surface area (Å²) in [5.41, 5.74) is 0. The molecule has 0 amide bonds. The zero-order valence-corrected chi connectivity index (χ0v) is 7.37. The summed E-state index contributed by atoms with van der Waals surface area (Å²) >= 11 is 0. The molecule has 0 heterocycles. The molecule has 0 N–H and O–H groups in total. The van der Waals surface area contributed by atoms with Crippen LogP contribution in [0.4, 0.5) is 4.79 Å². The van der Waals surface area contributed by atoms with E-state index >= 15 is 0 Å². The molecular formula is CCaIrO3+3. The van der Waals surface area contributed by atoms with E-state index in [1.807, 2.05) is 0 Å². The summed E-state index contributed by atoms with van der Waals surface area (Å²) in [7, 11) is 0. The predicted octanol–water partition coefficient (Wildman–Crippen LogP) is -2.83. The van der Waals surface area contributed by atoms with Gasteiger partial charge in [-0.05, 0) is 6.16 Å². The first-order valence-corrected chi connectivity index (χ1v) is 0.612. The van der Waals surface area contributed by atoms with Gasteiger partial charge in [0.05, 0.1) is 0 Å². The van der Waals surface area contributed by atoms with Crippen molar-refractivity contribution < 1.29 is 35.1 Å². The molecule has 30 valence electrons. The van der Waals surface area contributed by atoms with Gasteiger partial charge >= 0.3 is 57.8 Å². The predicted molar refractivity (Wildman–Crippen MR) is 11.1 cm³/mol. The first-order chi connectivity index (χ1) is 1.73. The Morgan fingerprint density at radius 1 is 1.33 bits per heavy atom. The zero-order valence-electron chi connectivity index (χ0n) is 2.77. The van der Waals surface area contributed by atoms with Crippen LogP contribution in [0.5, 0.6) is 0 Å². The molecule has 0 aliphatic carbocycles. The van der Waals surface area contributed by atoms with Crippen LogP contribution in [0.2, 0.25) is 0 Å². The van der Waals surface area contributed by atoms with Gasteiger partial charge in [-0.25, -0.2) is 0 Å². The third kappa shape index (κ3) is 65.1. The molecule has 0 spiro atoms. The second-order valence-electron chi connectivity index (χ2n) is 0.250. The summed E-state index contributed by atoms with van der Waals surface area (Å²) in [6, 6.07) is 0. The maximum Gasteiger partial charge on any atom is 3.00 e. The van der Waals surface area contributed by atoms with E-state index in [2.05, 4.69) is 0 Å². The molecule has 0 saturated heterocycles. The molecule has 0 bridgehead atoms. The van der Waals surface area contributed by atoms with Crippen molar-refractivity contribution in [3.63, 3.8) is 0 Å². The van der Waals surface area contributed by atoms with Crippen LogP contribution in [0, 0.1) is 0 Å². The van der Waals surface area contributed by atoms with Gasteiger partial charge in [-0.3, -0.25) is 0 Å². The Bertz CT molecular complexity index is 33.8. The van der Waals surface area contributed by atoms with Crippen molar-refractivity contribution in [2.45, 2.75) is 0 Å². The van der Waals surface area contributed by atoms with Crippen LogP contribution in [0.25, 0.3) is 0 Å². The van der Waals surface area contributed by atoms with Gasteiger partial charge in [0.25, 0.3) is 0 Å². The Hall–Kier alpha value is 1.18. The van der Waals surface area contributed by atoms with Gasteiger partial charge < -0.3 is 15.0 Å². The number of carboxylic acid groups (broad SMARTS) is 2. The monoisotopic (exact) mass is 293 g/mol. The molecule has 0 aliphatic rings. The van der Waals surface area contributed by atoms with Crippen molar-refractivity contribution >= 4 is 43.9 Å². The standard InChI is InChI=1S/CH2O3.Ca.Ir/c2-1(3)4;;/h(H2,2,3,4);;/q;+2;+3/p-2. The molecular weight excluding hydrogens is 292 g/mol. The second kappa shape index (κ2) is 9.49. The van der Waals surface area contributed by atoms with Gasteiger partial charge in [-0.2, -0.15) is 0 Å². The van der Waals surface area contributed by atoms with Crippen LogP contribution in [0.1, 0.15) is 0 Å². The molecule has 0 unspecified atom stereocenters. The number of rotatable bonds is 0. The van der Waals surface area contributed by atoms with E-state index in [0.29, 0.717) is 0 Å². The molecule has 0 fully saturated rings. The summed E-state index contributed by atoms with van der Waals surface area (Å²) in [5, 5.41) is 16.7. The summed E-state index contributed by atoms with van der Waals surface area (Å²) < 4.78 is 0. The summed E-state index contributed by atoms with van der Waals surface area (Å²) in [4.78, 5) is 8.33. The van der Waals surface area contributed by atoms with Crippen molar-refractivity contribution in [2.75, 3.05) is 0 Å². The molecule has 0 rings (SSSR count). The fraction of sp³-hybridized carbons (Fsp3) is 0. The molecule has 0 aromatic heterocycles. The fourth-order valence-electron chi connectivity index (χ4n) is 0. The summed E-state index contributed by atoms with van der Waals surface area (Å²) in [6.45, 7) is 0. The Balaban J connectivity index is -0.0000000450. The van der Waals surface area contributed by atoms with Crippen LogP contribution >= 0.6 is 0 Å². The van der Waals surface area contributed by atoms with Gasteiger partial charge in [-0.1, -0.05) is 0 Å². The van der Waals surface area contributed by atoms with Crippen LogP contribution in [-0.2, 0) is 20.1 Å². The van der Waals surface area contributed by atoms with Gasteiger partial charge in [0.2, 0.25) is 0 Å². The Kier molecular flexibility index (Phi) is 24.8. The summed E-state index contributed by atoms with van der Waals surface area (Å²) in [5.74, 6) is 0. The SMILES string of the molecule is O=C([O-])[O-].[Ca+2].[Ir+3]. The third-order valence-corrected chi connectivity index (χ3v) is 0. The molecule has 5 heteroatoms. The van der Waals surface area contributed by atoms with E-state index in [9.17, 15) is 0 Å². The molecule has 0 radical (unpaired) electrons. The molecule has 3 nitrogen and oxygen atoms in total. The van der Waals surface area contributed by atoms with Crippen LogP contribution in [-0.4, -0.2) is 43.9 Å². The summed E-state index contributed by atoms with van der Waals surface area (Å²) in [6.07, 6.45) is -2.33. The smallest absolute Gasteiger partial charge is 0.652 e. The van der Waals surface area contributed by atoms with E-state index < -0.39 is 6.16 Å². The Labute approximate surface area is 78.1 Å². The Morgan fingerprint density at radius 3 is 1.33 bits per heavy atom. The van der Waals surface area contributed by atoms with E-state index in [1.54, 1.807) is 0 Å². The van der Waals surface area contributed by atoms with Gasteiger partial charge in [0.1, 0.15) is 0 Å².